The molecule has 4 rings (SSSR count). The zero-order valence-electron chi connectivity index (χ0n) is 16.1. The van der Waals surface area contributed by atoms with Crippen LogP contribution < -0.4 is 4.90 Å². The number of aryl methyl sites for hydroxylation is 2. The SMILES string of the molecule is Cc1ccc(C)c(N2C(=O)/C(=C\c3ccc(-c4ccc([N+](=O)[O-])cc4)o3)SC2=S)c1. The zero-order valence-corrected chi connectivity index (χ0v) is 17.8. The monoisotopic (exact) mass is 436 g/mol. The molecule has 150 valence electrons. The van der Waals surface area contributed by atoms with Crippen molar-refractivity contribution in [1.29, 1.82) is 0 Å². The summed E-state index contributed by atoms with van der Waals surface area (Å²) in [6, 6.07) is 15.5. The van der Waals surface area contributed by atoms with Crippen molar-refractivity contribution in [2.45, 2.75) is 13.8 Å². The fraction of sp³-hybridized carbons (Fsp3) is 0.0909. The molecule has 1 aromatic heterocycles. The van der Waals surface area contributed by atoms with Crippen molar-refractivity contribution < 1.29 is 14.1 Å². The van der Waals surface area contributed by atoms with Crippen LogP contribution in [-0.4, -0.2) is 15.2 Å². The van der Waals surface area contributed by atoms with Crippen LogP contribution >= 0.6 is 24.0 Å². The summed E-state index contributed by atoms with van der Waals surface area (Å²) in [6.07, 6.45) is 1.67. The third-order valence-electron chi connectivity index (χ3n) is 4.66. The molecule has 3 aromatic rings. The van der Waals surface area contributed by atoms with E-state index in [2.05, 4.69) is 0 Å². The van der Waals surface area contributed by atoms with Gasteiger partial charge in [0.1, 0.15) is 11.5 Å². The number of nitrogens with zero attached hydrogens (tertiary/aromatic N) is 2. The summed E-state index contributed by atoms with van der Waals surface area (Å²) < 4.78 is 6.30. The molecular weight excluding hydrogens is 420 g/mol. The molecule has 2 aromatic carbocycles. The summed E-state index contributed by atoms with van der Waals surface area (Å²) in [7, 11) is 0. The number of non-ortho nitro benzene ring substituents is 1. The number of carbonyl (C=O) groups excluding carboxylic acids is 1. The maximum absolute atomic E-state index is 13.0. The lowest BCUT2D eigenvalue weighted by Gasteiger charge is -2.17. The number of nitro groups is 1. The van der Waals surface area contributed by atoms with Crippen LogP contribution in [0.1, 0.15) is 16.9 Å². The number of amides is 1. The van der Waals surface area contributed by atoms with E-state index in [1.165, 1.54) is 23.9 Å². The van der Waals surface area contributed by atoms with Crippen LogP contribution in [0, 0.1) is 24.0 Å². The van der Waals surface area contributed by atoms with Crippen LogP contribution in [0.2, 0.25) is 0 Å². The topological polar surface area (TPSA) is 76.6 Å². The van der Waals surface area contributed by atoms with Gasteiger partial charge in [-0.05, 0) is 55.3 Å². The molecular formula is C22H16N2O4S2. The number of furan rings is 1. The third kappa shape index (κ3) is 3.79. The van der Waals surface area contributed by atoms with Crippen molar-refractivity contribution >= 4 is 51.7 Å². The molecule has 0 spiro atoms. The van der Waals surface area contributed by atoms with E-state index < -0.39 is 4.92 Å². The first-order valence-corrected chi connectivity index (χ1v) is 10.3. The second-order valence-corrected chi connectivity index (χ2v) is 8.49. The molecule has 0 atom stereocenters. The third-order valence-corrected chi connectivity index (χ3v) is 5.96. The number of nitro benzene ring substituents is 1. The lowest BCUT2D eigenvalue weighted by atomic mass is 10.1. The van der Waals surface area contributed by atoms with Crippen LogP contribution in [0.25, 0.3) is 17.4 Å². The van der Waals surface area contributed by atoms with Gasteiger partial charge in [0.05, 0.1) is 15.5 Å². The van der Waals surface area contributed by atoms with Gasteiger partial charge >= 0.3 is 0 Å². The lowest BCUT2D eigenvalue weighted by Crippen LogP contribution is -2.28. The van der Waals surface area contributed by atoms with E-state index in [1.54, 1.807) is 35.2 Å². The van der Waals surface area contributed by atoms with Crippen LogP contribution in [0.5, 0.6) is 0 Å². The second kappa shape index (κ2) is 7.89. The number of thiocarbonyl (C=S) groups is 1. The number of carbonyl (C=O) groups is 1. The molecule has 8 heteroatoms. The molecule has 2 heterocycles. The first kappa shape index (κ1) is 20.1. The van der Waals surface area contributed by atoms with E-state index >= 15 is 0 Å². The number of hydrogen-bond donors (Lipinski definition) is 0. The molecule has 0 aliphatic carbocycles. The van der Waals surface area contributed by atoms with Crippen molar-refractivity contribution in [3.63, 3.8) is 0 Å². The quantitative estimate of drug-likeness (QED) is 0.220. The van der Waals surface area contributed by atoms with Crippen molar-refractivity contribution in [2.75, 3.05) is 4.90 Å². The molecule has 0 bridgehead atoms. The van der Waals surface area contributed by atoms with Gasteiger partial charge in [-0.3, -0.25) is 19.8 Å². The average molecular weight is 437 g/mol. The van der Waals surface area contributed by atoms with E-state index in [-0.39, 0.29) is 11.6 Å². The van der Waals surface area contributed by atoms with Gasteiger partial charge in [-0.2, -0.15) is 0 Å². The van der Waals surface area contributed by atoms with E-state index in [4.69, 9.17) is 16.6 Å². The Bertz CT molecular complexity index is 1210. The van der Waals surface area contributed by atoms with Crippen molar-refractivity contribution in [2.24, 2.45) is 0 Å². The molecule has 1 aliphatic rings. The summed E-state index contributed by atoms with van der Waals surface area (Å²) in [5.41, 5.74) is 3.53. The molecule has 1 fully saturated rings. The maximum atomic E-state index is 13.0. The Morgan fingerprint density at radius 2 is 1.83 bits per heavy atom. The average Bonchev–Trinajstić information content (AvgIpc) is 3.29. The summed E-state index contributed by atoms with van der Waals surface area (Å²) in [5.74, 6) is 0.873. The Kier molecular flexibility index (Phi) is 5.27. The highest BCUT2D eigenvalue weighted by molar-refractivity contribution is 8.27. The van der Waals surface area contributed by atoms with Gasteiger partial charge in [0.15, 0.2) is 4.32 Å². The predicted octanol–water partition coefficient (Wildman–Crippen LogP) is 5.88. The molecule has 1 aliphatic heterocycles. The number of rotatable bonds is 4. The van der Waals surface area contributed by atoms with Gasteiger partial charge in [0.25, 0.3) is 11.6 Å². The number of anilines is 1. The Morgan fingerprint density at radius 1 is 1.10 bits per heavy atom. The smallest absolute Gasteiger partial charge is 0.270 e. The Balaban J connectivity index is 1.60. The minimum atomic E-state index is -0.449. The molecule has 1 saturated heterocycles. The summed E-state index contributed by atoms with van der Waals surface area (Å²) in [6.45, 7) is 3.92. The molecule has 30 heavy (non-hydrogen) atoms. The number of thioether (sulfide) groups is 1. The highest BCUT2D eigenvalue weighted by Crippen LogP contribution is 2.38. The van der Waals surface area contributed by atoms with E-state index in [1.807, 2.05) is 32.0 Å². The fourth-order valence-corrected chi connectivity index (χ4v) is 4.36. The zero-order chi connectivity index (χ0) is 21.4. The summed E-state index contributed by atoms with van der Waals surface area (Å²) in [4.78, 5) is 25.4. The summed E-state index contributed by atoms with van der Waals surface area (Å²) >= 11 is 6.68. The highest BCUT2D eigenvalue weighted by Gasteiger charge is 2.34. The minimum Gasteiger partial charge on any atom is -0.457 e. The van der Waals surface area contributed by atoms with Crippen LogP contribution in [-0.2, 0) is 4.79 Å². The fourth-order valence-electron chi connectivity index (χ4n) is 3.10. The highest BCUT2D eigenvalue weighted by atomic mass is 32.2. The largest absolute Gasteiger partial charge is 0.457 e. The van der Waals surface area contributed by atoms with E-state index in [0.717, 1.165) is 16.8 Å². The molecule has 0 saturated carbocycles. The van der Waals surface area contributed by atoms with Gasteiger partial charge in [-0.1, -0.05) is 36.1 Å². The van der Waals surface area contributed by atoms with E-state index in [9.17, 15) is 14.9 Å². The number of benzene rings is 2. The first-order chi connectivity index (χ1) is 14.3. The van der Waals surface area contributed by atoms with Crippen molar-refractivity contribution in [1.82, 2.24) is 0 Å². The van der Waals surface area contributed by atoms with Crippen molar-refractivity contribution in [3.8, 4) is 11.3 Å². The standard InChI is InChI=1S/C22H16N2O4S2/c1-13-3-4-14(2)18(11-13)23-21(25)20(30-22(23)29)12-17-9-10-19(28-17)15-5-7-16(8-6-15)24(26)27/h3-12H,1-2H3/b20-12+. The van der Waals surface area contributed by atoms with Gasteiger partial charge in [-0.15, -0.1) is 0 Å². The van der Waals surface area contributed by atoms with Crippen LogP contribution in [0.4, 0.5) is 11.4 Å². The normalized spacial score (nSPS) is 15.3. The van der Waals surface area contributed by atoms with Crippen molar-refractivity contribution in [3.05, 3.63) is 86.5 Å². The molecule has 0 unspecified atom stereocenters. The predicted molar refractivity (Wildman–Crippen MR) is 122 cm³/mol. The van der Waals surface area contributed by atoms with Gasteiger partial charge < -0.3 is 4.42 Å². The Labute approximate surface area is 182 Å². The first-order valence-electron chi connectivity index (χ1n) is 9.03. The minimum absolute atomic E-state index is 0.0145. The van der Waals surface area contributed by atoms with Crippen LogP contribution in [0.3, 0.4) is 0 Å². The number of hydrogen-bond acceptors (Lipinski definition) is 6. The molecule has 1 amide bonds. The van der Waals surface area contributed by atoms with E-state index in [0.29, 0.717) is 26.3 Å². The molecule has 6 nitrogen and oxygen atoms in total. The Morgan fingerprint density at radius 3 is 2.53 bits per heavy atom. The lowest BCUT2D eigenvalue weighted by molar-refractivity contribution is -0.384. The van der Waals surface area contributed by atoms with Gasteiger partial charge in [0, 0.05) is 23.8 Å². The maximum Gasteiger partial charge on any atom is 0.270 e. The second-order valence-electron chi connectivity index (χ2n) is 6.81. The van der Waals surface area contributed by atoms with Gasteiger partial charge in [-0.25, -0.2) is 0 Å². The van der Waals surface area contributed by atoms with Gasteiger partial charge in [0.2, 0.25) is 0 Å². The molecule has 0 radical (unpaired) electrons. The van der Waals surface area contributed by atoms with Crippen LogP contribution in [0.15, 0.2) is 63.9 Å². The Hall–Kier alpha value is -3.23. The molecule has 0 N–H and O–H groups in total. The summed E-state index contributed by atoms with van der Waals surface area (Å²) in [5, 5.41) is 10.8.